The molecule has 172 valence electrons. The van der Waals surface area contributed by atoms with Gasteiger partial charge >= 0.3 is 0 Å². The molecule has 10 nitrogen and oxygen atoms in total. The first-order chi connectivity index (χ1) is 16.6. The number of fused-ring (bicyclic) bond motifs is 2. The summed E-state index contributed by atoms with van der Waals surface area (Å²) < 4.78 is 7.43. The van der Waals surface area contributed by atoms with Gasteiger partial charge in [-0.05, 0) is 36.2 Å². The number of pyridine rings is 1. The molecule has 0 spiro atoms. The molecule has 10 heteroatoms. The highest BCUT2D eigenvalue weighted by Crippen LogP contribution is 2.38. The van der Waals surface area contributed by atoms with E-state index < -0.39 is 0 Å². The van der Waals surface area contributed by atoms with E-state index >= 15 is 0 Å². The van der Waals surface area contributed by atoms with E-state index in [1.165, 1.54) is 6.92 Å². The molecule has 0 bridgehead atoms. The molecule has 1 amide bonds. The van der Waals surface area contributed by atoms with Crippen LogP contribution < -0.4 is 10.2 Å². The third kappa shape index (κ3) is 3.30. The number of ether oxygens (including phenoxy) is 1. The molecule has 1 fully saturated rings. The number of nitrogens with one attached hydrogen (secondary N) is 3. The minimum atomic E-state index is -0.112. The Morgan fingerprint density at radius 3 is 2.91 bits per heavy atom. The van der Waals surface area contributed by atoms with Crippen LogP contribution in [0.25, 0.3) is 38.9 Å². The van der Waals surface area contributed by atoms with Gasteiger partial charge in [0.05, 0.1) is 42.9 Å². The van der Waals surface area contributed by atoms with Gasteiger partial charge in [0.15, 0.2) is 11.5 Å². The number of nitrogens with zero attached hydrogens (tertiary/aromatic N) is 5. The van der Waals surface area contributed by atoms with Crippen LogP contribution in [0, 0.1) is 0 Å². The minimum Gasteiger partial charge on any atom is -0.377 e. The van der Waals surface area contributed by atoms with Gasteiger partial charge in [0.25, 0.3) is 0 Å². The second-order valence-electron chi connectivity index (χ2n) is 8.49. The number of amides is 1. The van der Waals surface area contributed by atoms with Gasteiger partial charge in [-0.3, -0.25) is 9.89 Å². The van der Waals surface area contributed by atoms with Gasteiger partial charge in [0.2, 0.25) is 5.91 Å². The molecule has 6 rings (SSSR count). The first kappa shape index (κ1) is 20.4. The van der Waals surface area contributed by atoms with E-state index in [9.17, 15) is 4.79 Å². The predicted molar refractivity (Wildman–Crippen MR) is 130 cm³/mol. The zero-order valence-corrected chi connectivity index (χ0v) is 18.9. The van der Waals surface area contributed by atoms with Crippen LogP contribution >= 0.6 is 0 Å². The summed E-state index contributed by atoms with van der Waals surface area (Å²) in [6.07, 6.45) is 5.42. The Kier molecular flexibility index (Phi) is 4.80. The number of hydrogen-bond acceptors (Lipinski definition) is 6. The van der Waals surface area contributed by atoms with Gasteiger partial charge in [-0.2, -0.15) is 14.9 Å². The largest absolute Gasteiger partial charge is 0.377 e. The number of anilines is 2. The van der Waals surface area contributed by atoms with Crippen LogP contribution in [-0.2, 0) is 9.53 Å². The standard InChI is InChI=1S/C24H24N8O2/c1-14-13-34-10-9-31(14)22-11-18(19-12-27-32(24(19)29-22)21-6-8-26-30-21)16-3-4-20(28-15(2)33)23-17(16)5-7-25-23/h3-8,11-12,14,25H,9-10,13H2,1-2H3,(H,26,30)(H,28,33)/t14-/m1/s1. The number of rotatable bonds is 4. The van der Waals surface area contributed by atoms with Crippen molar-refractivity contribution >= 4 is 39.3 Å². The van der Waals surface area contributed by atoms with Gasteiger partial charge < -0.3 is 19.9 Å². The molecule has 1 saturated heterocycles. The maximum absolute atomic E-state index is 11.7. The van der Waals surface area contributed by atoms with Crippen LogP contribution in [0.3, 0.4) is 0 Å². The third-order valence-electron chi connectivity index (χ3n) is 6.23. The molecule has 5 heterocycles. The SMILES string of the molecule is CC(=O)Nc1ccc(-c2cc(N3CCOC[C@H]3C)nc3c2cnn3-c2ccn[nH]2)c2cc[nH]c12. The molecule has 0 aliphatic carbocycles. The van der Waals surface area contributed by atoms with Gasteiger partial charge in [0.1, 0.15) is 5.82 Å². The molecule has 34 heavy (non-hydrogen) atoms. The number of aromatic nitrogens is 6. The summed E-state index contributed by atoms with van der Waals surface area (Å²) in [4.78, 5) is 22.3. The summed E-state index contributed by atoms with van der Waals surface area (Å²) in [6, 6.07) is 10.2. The summed E-state index contributed by atoms with van der Waals surface area (Å²) in [5.74, 6) is 1.50. The summed E-state index contributed by atoms with van der Waals surface area (Å²) in [6.45, 7) is 5.73. The fourth-order valence-corrected chi connectivity index (χ4v) is 4.65. The highest BCUT2D eigenvalue weighted by molar-refractivity contribution is 6.09. The zero-order chi connectivity index (χ0) is 23.2. The first-order valence-corrected chi connectivity index (χ1v) is 11.2. The number of morpholine rings is 1. The molecular formula is C24H24N8O2. The maximum Gasteiger partial charge on any atom is 0.221 e. The monoisotopic (exact) mass is 456 g/mol. The lowest BCUT2D eigenvalue weighted by Crippen LogP contribution is -2.44. The van der Waals surface area contributed by atoms with E-state index in [1.807, 2.05) is 36.7 Å². The van der Waals surface area contributed by atoms with Crippen LogP contribution in [0.5, 0.6) is 0 Å². The van der Waals surface area contributed by atoms with Crippen LogP contribution in [0.1, 0.15) is 13.8 Å². The van der Waals surface area contributed by atoms with Crippen molar-refractivity contribution in [3.63, 3.8) is 0 Å². The van der Waals surface area contributed by atoms with Gasteiger partial charge in [0, 0.05) is 36.5 Å². The lowest BCUT2D eigenvalue weighted by Gasteiger charge is -2.34. The van der Waals surface area contributed by atoms with E-state index in [0.29, 0.717) is 13.2 Å². The Morgan fingerprint density at radius 1 is 1.21 bits per heavy atom. The van der Waals surface area contributed by atoms with E-state index in [0.717, 1.165) is 56.9 Å². The van der Waals surface area contributed by atoms with Gasteiger partial charge in [-0.15, -0.1) is 0 Å². The Balaban J connectivity index is 1.60. The van der Waals surface area contributed by atoms with E-state index in [4.69, 9.17) is 9.72 Å². The molecule has 1 aliphatic rings. The van der Waals surface area contributed by atoms with Crippen molar-refractivity contribution in [2.75, 3.05) is 30.0 Å². The summed E-state index contributed by atoms with van der Waals surface area (Å²) >= 11 is 0. The van der Waals surface area contributed by atoms with Crippen LogP contribution in [-0.4, -0.2) is 61.7 Å². The number of benzene rings is 1. The lowest BCUT2D eigenvalue weighted by atomic mass is 9.99. The van der Waals surface area contributed by atoms with Crippen molar-refractivity contribution in [2.45, 2.75) is 19.9 Å². The second kappa shape index (κ2) is 7.99. The number of H-pyrrole nitrogens is 2. The number of carbonyl (C=O) groups is 1. The smallest absolute Gasteiger partial charge is 0.221 e. The Hall–Kier alpha value is -4.18. The number of hydrogen-bond donors (Lipinski definition) is 3. The fourth-order valence-electron chi connectivity index (χ4n) is 4.65. The Labute approximate surface area is 194 Å². The molecule has 0 unspecified atom stereocenters. The zero-order valence-electron chi connectivity index (χ0n) is 18.9. The molecule has 4 aromatic heterocycles. The minimum absolute atomic E-state index is 0.112. The van der Waals surface area contributed by atoms with Gasteiger partial charge in [-0.25, -0.2) is 4.98 Å². The molecular weight excluding hydrogens is 432 g/mol. The highest BCUT2D eigenvalue weighted by Gasteiger charge is 2.24. The Bertz CT molecular complexity index is 1500. The molecule has 1 aromatic carbocycles. The van der Waals surface area contributed by atoms with Gasteiger partial charge in [-0.1, -0.05) is 6.07 Å². The number of aromatic amines is 2. The third-order valence-corrected chi connectivity index (χ3v) is 6.23. The van der Waals surface area contributed by atoms with Crippen LogP contribution in [0.15, 0.2) is 48.9 Å². The predicted octanol–water partition coefficient (Wildman–Crippen LogP) is 3.48. The fraction of sp³-hybridized carbons (Fsp3) is 0.250. The average Bonchev–Trinajstić information content (AvgIpc) is 3.59. The quantitative estimate of drug-likeness (QED) is 0.381. The molecule has 3 N–H and O–H groups in total. The molecule has 5 aromatic rings. The van der Waals surface area contributed by atoms with Crippen molar-refractivity contribution in [1.82, 2.24) is 29.9 Å². The molecule has 0 radical (unpaired) electrons. The number of carbonyl (C=O) groups excluding carboxylic acids is 1. The van der Waals surface area contributed by atoms with Crippen molar-refractivity contribution in [2.24, 2.45) is 0 Å². The maximum atomic E-state index is 11.7. The summed E-state index contributed by atoms with van der Waals surface area (Å²) in [7, 11) is 0. The normalized spacial score (nSPS) is 16.4. The molecule has 1 atom stereocenters. The van der Waals surface area contributed by atoms with Crippen LogP contribution in [0.2, 0.25) is 0 Å². The van der Waals surface area contributed by atoms with E-state index in [1.54, 1.807) is 10.9 Å². The van der Waals surface area contributed by atoms with Crippen molar-refractivity contribution in [3.8, 4) is 16.9 Å². The van der Waals surface area contributed by atoms with Crippen LogP contribution in [0.4, 0.5) is 11.5 Å². The summed E-state index contributed by atoms with van der Waals surface area (Å²) in [5.41, 5.74) is 4.41. The van der Waals surface area contributed by atoms with Crippen molar-refractivity contribution < 1.29 is 9.53 Å². The second-order valence-corrected chi connectivity index (χ2v) is 8.49. The highest BCUT2D eigenvalue weighted by atomic mass is 16.5. The Morgan fingerprint density at radius 2 is 2.12 bits per heavy atom. The first-order valence-electron chi connectivity index (χ1n) is 11.2. The topological polar surface area (TPSA) is 117 Å². The molecule has 0 saturated carbocycles. The summed E-state index contributed by atoms with van der Waals surface area (Å²) in [5, 5.41) is 16.5. The lowest BCUT2D eigenvalue weighted by molar-refractivity contribution is -0.114. The van der Waals surface area contributed by atoms with E-state index in [-0.39, 0.29) is 11.9 Å². The van der Waals surface area contributed by atoms with Crippen molar-refractivity contribution in [3.05, 3.63) is 48.9 Å². The average molecular weight is 457 g/mol. The van der Waals surface area contributed by atoms with Crippen molar-refractivity contribution in [1.29, 1.82) is 0 Å². The molecule has 1 aliphatic heterocycles. The van der Waals surface area contributed by atoms with E-state index in [2.05, 4.69) is 43.5 Å².